The SMILES string of the molecule is NCc1ccc(-c2ccccn2)o1. The molecule has 0 atom stereocenters. The Morgan fingerprint density at radius 2 is 2.15 bits per heavy atom. The lowest BCUT2D eigenvalue weighted by Gasteiger charge is -1.93. The molecular formula is C10H10N2O. The van der Waals surface area contributed by atoms with E-state index in [1.54, 1.807) is 6.20 Å². The van der Waals surface area contributed by atoms with Crippen LogP contribution >= 0.6 is 0 Å². The largest absolute Gasteiger partial charge is 0.458 e. The number of hydrogen-bond donors (Lipinski definition) is 1. The molecule has 2 aromatic heterocycles. The van der Waals surface area contributed by atoms with E-state index in [0.29, 0.717) is 6.54 Å². The summed E-state index contributed by atoms with van der Waals surface area (Å²) in [5.74, 6) is 1.54. The van der Waals surface area contributed by atoms with Gasteiger partial charge in [-0.05, 0) is 24.3 Å². The summed E-state index contributed by atoms with van der Waals surface area (Å²) in [7, 11) is 0. The third-order valence-electron chi connectivity index (χ3n) is 1.78. The lowest BCUT2D eigenvalue weighted by Crippen LogP contribution is -1.92. The van der Waals surface area contributed by atoms with Crippen molar-refractivity contribution in [3.63, 3.8) is 0 Å². The van der Waals surface area contributed by atoms with Crippen molar-refractivity contribution in [1.29, 1.82) is 0 Å². The Kier molecular flexibility index (Phi) is 2.10. The van der Waals surface area contributed by atoms with Crippen molar-refractivity contribution in [1.82, 2.24) is 4.98 Å². The van der Waals surface area contributed by atoms with Gasteiger partial charge in [0.25, 0.3) is 0 Å². The van der Waals surface area contributed by atoms with Gasteiger partial charge in [0, 0.05) is 6.20 Å². The highest BCUT2D eigenvalue weighted by Crippen LogP contribution is 2.18. The minimum atomic E-state index is 0.423. The van der Waals surface area contributed by atoms with Crippen molar-refractivity contribution in [2.45, 2.75) is 6.54 Å². The van der Waals surface area contributed by atoms with Crippen molar-refractivity contribution in [2.24, 2.45) is 5.73 Å². The molecule has 0 aliphatic carbocycles. The van der Waals surface area contributed by atoms with Gasteiger partial charge in [-0.25, -0.2) is 0 Å². The molecule has 0 aliphatic rings. The summed E-state index contributed by atoms with van der Waals surface area (Å²) in [6.07, 6.45) is 1.74. The molecule has 0 saturated carbocycles. The molecule has 13 heavy (non-hydrogen) atoms. The number of rotatable bonds is 2. The second kappa shape index (κ2) is 3.41. The number of furan rings is 1. The standard InChI is InChI=1S/C10H10N2O/c11-7-8-4-5-10(13-8)9-3-1-2-6-12-9/h1-6H,7,11H2. The Morgan fingerprint density at radius 3 is 2.77 bits per heavy atom. The van der Waals surface area contributed by atoms with Crippen LogP contribution in [0.2, 0.25) is 0 Å². The van der Waals surface area contributed by atoms with Crippen LogP contribution in [0.25, 0.3) is 11.5 Å². The Labute approximate surface area is 76.2 Å². The van der Waals surface area contributed by atoms with E-state index in [9.17, 15) is 0 Å². The Hall–Kier alpha value is -1.61. The van der Waals surface area contributed by atoms with Gasteiger partial charge in [0.1, 0.15) is 11.5 Å². The summed E-state index contributed by atoms with van der Waals surface area (Å²) in [4.78, 5) is 4.16. The van der Waals surface area contributed by atoms with Gasteiger partial charge in [-0.3, -0.25) is 4.98 Å². The molecule has 0 saturated heterocycles. The van der Waals surface area contributed by atoms with Gasteiger partial charge in [0.15, 0.2) is 5.76 Å². The van der Waals surface area contributed by atoms with Gasteiger partial charge in [0.2, 0.25) is 0 Å². The minimum Gasteiger partial charge on any atom is -0.458 e. The highest BCUT2D eigenvalue weighted by atomic mass is 16.3. The van der Waals surface area contributed by atoms with Crippen LogP contribution in [0.3, 0.4) is 0 Å². The predicted molar refractivity (Wildman–Crippen MR) is 49.8 cm³/mol. The average molecular weight is 174 g/mol. The van der Waals surface area contributed by atoms with E-state index in [2.05, 4.69) is 4.98 Å². The maximum absolute atomic E-state index is 5.43. The molecule has 0 aliphatic heterocycles. The fourth-order valence-electron chi connectivity index (χ4n) is 1.13. The molecule has 0 spiro atoms. The molecule has 0 fully saturated rings. The highest BCUT2D eigenvalue weighted by molar-refractivity contribution is 5.51. The van der Waals surface area contributed by atoms with Crippen LogP contribution in [-0.2, 0) is 6.54 Å². The summed E-state index contributed by atoms with van der Waals surface area (Å²) in [6, 6.07) is 9.44. The second-order valence-corrected chi connectivity index (χ2v) is 2.69. The zero-order valence-corrected chi connectivity index (χ0v) is 7.10. The first-order valence-corrected chi connectivity index (χ1v) is 4.10. The number of aromatic nitrogens is 1. The van der Waals surface area contributed by atoms with Crippen LogP contribution in [-0.4, -0.2) is 4.98 Å². The summed E-state index contributed by atoms with van der Waals surface area (Å²) < 4.78 is 5.43. The molecule has 0 amide bonds. The first-order valence-electron chi connectivity index (χ1n) is 4.10. The zero-order chi connectivity index (χ0) is 9.10. The van der Waals surface area contributed by atoms with Crippen molar-refractivity contribution in [3.8, 4) is 11.5 Å². The molecule has 0 unspecified atom stereocenters. The summed E-state index contributed by atoms with van der Waals surface area (Å²) in [5, 5.41) is 0. The summed E-state index contributed by atoms with van der Waals surface area (Å²) >= 11 is 0. The molecular weight excluding hydrogens is 164 g/mol. The van der Waals surface area contributed by atoms with Gasteiger partial charge in [-0.1, -0.05) is 6.07 Å². The van der Waals surface area contributed by atoms with Crippen LogP contribution in [0.1, 0.15) is 5.76 Å². The van der Waals surface area contributed by atoms with Crippen molar-refractivity contribution >= 4 is 0 Å². The van der Waals surface area contributed by atoms with Crippen LogP contribution in [0.15, 0.2) is 40.9 Å². The maximum Gasteiger partial charge on any atom is 0.152 e. The van der Waals surface area contributed by atoms with Gasteiger partial charge >= 0.3 is 0 Å². The fourth-order valence-corrected chi connectivity index (χ4v) is 1.13. The summed E-state index contributed by atoms with van der Waals surface area (Å²) in [6.45, 7) is 0.423. The van der Waals surface area contributed by atoms with Gasteiger partial charge in [0.05, 0.1) is 6.54 Å². The molecule has 3 nitrogen and oxygen atoms in total. The molecule has 2 N–H and O–H groups in total. The molecule has 0 aromatic carbocycles. The Morgan fingerprint density at radius 1 is 1.23 bits per heavy atom. The monoisotopic (exact) mass is 174 g/mol. The fraction of sp³-hybridized carbons (Fsp3) is 0.100. The Balaban J connectivity index is 2.36. The van der Waals surface area contributed by atoms with Gasteiger partial charge in [-0.2, -0.15) is 0 Å². The molecule has 3 heteroatoms. The summed E-state index contributed by atoms with van der Waals surface area (Å²) in [5.41, 5.74) is 6.26. The number of pyridine rings is 1. The van der Waals surface area contributed by atoms with E-state index >= 15 is 0 Å². The van der Waals surface area contributed by atoms with E-state index in [1.807, 2.05) is 30.3 Å². The van der Waals surface area contributed by atoms with E-state index in [1.165, 1.54) is 0 Å². The quantitative estimate of drug-likeness (QED) is 0.755. The molecule has 2 rings (SSSR count). The first kappa shape index (κ1) is 8.01. The van der Waals surface area contributed by atoms with Gasteiger partial charge < -0.3 is 10.2 Å². The van der Waals surface area contributed by atoms with Crippen LogP contribution < -0.4 is 5.73 Å². The predicted octanol–water partition coefficient (Wildman–Crippen LogP) is 1.80. The third-order valence-corrected chi connectivity index (χ3v) is 1.78. The highest BCUT2D eigenvalue weighted by Gasteiger charge is 2.02. The van der Waals surface area contributed by atoms with Gasteiger partial charge in [-0.15, -0.1) is 0 Å². The topological polar surface area (TPSA) is 52.0 Å². The van der Waals surface area contributed by atoms with Crippen molar-refractivity contribution in [3.05, 3.63) is 42.3 Å². The molecule has 0 bridgehead atoms. The van der Waals surface area contributed by atoms with Crippen LogP contribution in [0.4, 0.5) is 0 Å². The lowest BCUT2D eigenvalue weighted by atomic mass is 10.3. The van der Waals surface area contributed by atoms with E-state index in [4.69, 9.17) is 10.2 Å². The van der Waals surface area contributed by atoms with Crippen LogP contribution in [0.5, 0.6) is 0 Å². The number of nitrogens with zero attached hydrogens (tertiary/aromatic N) is 1. The molecule has 2 aromatic rings. The molecule has 66 valence electrons. The number of hydrogen-bond acceptors (Lipinski definition) is 3. The maximum atomic E-state index is 5.43. The zero-order valence-electron chi connectivity index (χ0n) is 7.10. The minimum absolute atomic E-state index is 0.423. The van der Waals surface area contributed by atoms with Crippen molar-refractivity contribution in [2.75, 3.05) is 0 Å². The Bertz CT molecular complexity index is 381. The normalized spacial score (nSPS) is 10.2. The second-order valence-electron chi connectivity index (χ2n) is 2.69. The first-order chi connectivity index (χ1) is 6.40. The lowest BCUT2D eigenvalue weighted by molar-refractivity contribution is 0.523. The van der Waals surface area contributed by atoms with E-state index < -0.39 is 0 Å². The third kappa shape index (κ3) is 1.60. The van der Waals surface area contributed by atoms with E-state index in [0.717, 1.165) is 17.2 Å². The van der Waals surface area contributed by atoms with Crippen LogP contribution in [0, 0.1) is 0 Å². The smallest absolute Gasteiger partial charge is 0.152 e. The molecule has 0 radical (unpaired) electrons. The van der Waals surface area contributed by atoms with Crippen molar-refractivity contribution < 1.29 is 4.42 Å². The average Bonchev–Trinajstić information content (AvgIpc) is 2.67. The van der Waals surface area contributed by atoms with E-state index in [-0.39, 0.29) is 0 Å². The number of nitrogens with two attached hydrogens (primary N) is 1. The molecule has 2 heterocycles.